The Kier molecular flexibility index (Phi) is 3.93. The van der Waals surface area contributed by atoms with Gasteiger partial charge in [0.1, 0.15) is 0 Å². The molecule has 3 heteroatoms. The number of rotatable bonds is 4. The second-order valence-electron chi connectivity index (χ2n) is 4.44. The minimum absolute atomic E-state index is 0.151. The topological polar surface area (TPSA) is 52.5 Å². The smallest absolute Gasteiger partial charge is 0.0914 e. The average Bonchev–Trinajstić information content (AvgIpc) is 2.73. The minimum atomic E-state index is -0.492. The van der Waals surface area contributed by atoms with Crippen molar-refractivity contribution < 1.29 is 10.2 Å². The monoisotopic (exact) mass is 221 g/mol. The van der Waals surface area contributed by atoms with E-state index < -0.39 is 6.10 Å². The van der Waals surface area contributed by atoms with Crippen LogP contribution in [0.3, 0.4) is 0 Å². The molecule has 3 N–H and O–H groups in total. The van der Waals surface area contributed by atoms with Crippen LogP contribution < -0.4 is 5.32 Å². The van der Waals surface area contributed by atoms with Gasteiger partial charge in [-0.3, -0.25) is 0 Å². The highest BCUT2D eigenvalue weighted by Crippen LogP contribution is 2.19. The van der Waals surface area contributed by atoms with Crippen LogP contribution in [0.5, 0.6) is 0 Å². The number of hydrogen-bond donors (Lipinski definition) is 3. The summed E-state index contributed by atoms with van der Waals surface area (Å²) in [6.45, 7) is 0.506. The maximum atomic E-state index is 9.92. The molecule has 1 fully saturated rings. The molecule has 1 aliphatic rings. The molecule has 2 rings (SSSR count). The summed E-state index contributed by atoms with van der Waals surface area (Å²) >= 11 is 0. The van der Waals surface area contributed by atoms with Crippen LogP contribution in [0.2, 0.25) is 0 Å². The van der Waals surface area contributed by atoms with Crippen LogP contribution in [0, 0.1) is 0 Å². The predicted molar refractivity (Wildman–Crippen MR) is 63.1 cm³/mol. The van der Waals surface area contributed by atoms with Gasteiger partial charge < -0.3 is 15.5 Å². The SMILES string of the molecule is OC(CN[C@@H]1CCC[C@H]1O)c1ccccc1. The van der Waals surface area contributed by atoms with Crippen molar-refractivity contribution in [2.24, 2.45) is 0 Å². The fraction of sp³-hybridized carbons (Fsp3) is 0.538. The standard InChI is InChI=1S/C13H19NO2/c15-12-8-4-7-11(12)14-9-13(16)10-5-2-1-3-6-10/h1-3,5-6,11-16H,4,7-9H2/t11-,12-,13?/m1/s1. The van der Waals surface area contributed by atoms with Gasteiger partial charge in [0.25, 0.3) is 0 Å². The zero-order valence-electron chi connectivity index (χ0n) is 9.34. The first kappa shape index (κ1) is 11.6. The van der Waals surface area contributed by atoms with Gasteiger partial charge in [-0.1, -0.05) is 30.3 Å². The number of nitrogens with one attached hydrogen (secondary N) is 1. The number of hydrogen-bond acceptors (Lipinski definition) is 3. The van der Waals surface area contributed by atoms with E-state index in [2.05, 4.69) is 5.32 Å². The second-order valence-corrected chi connectivity index (χ2v) is 4.44. The molecule has 0 amide bonds. The minimum Gasteiger partial charge on any atom is -0.392 e. The number of aliphatic hydroxyl groups excluding tert-OH is 2. The molecule has 0 radical (unpaired) electrons. The Morgan fingerprint density at radius 1 is 1.25 bits per heavy atom. The number of benzene rings is 1. The third-order valence-corrected chi connectivity index (χ3v) is 3.24. The first-order chi connectivity index (χ1) is 7.77. The van der Waals surface area contributed by atoms with Crippen molar-refractivity contribution in [1.82, 2.24) is 5.32 Å². The zero-order valence-corrected chi connectivity index (χ0v) is 9.34. The van der Waals surface area contributed by atoms with E-state index in [0.29, 0.717) is 6.54 Å². The molecule has 88 valence electrons. The lowest BCUT2D eigenvalue weighted by molar-refractivity contribution is 0.127. The molecule has 3 atom stereocenters. The zero-order chi connectivity index (χ0) is 11.4. The highest BCUT2D eigenvalue weighted by atomic mass is 16.3. The Labute approximate surface area is 96.1 Å². The first-order valence-corrected chi connectivity index (χ1v) is 5.92. The largest absolute Gasteiger partial charge is 0.392 e. The predicted octanol–water partition coefficient (Wildman–Crippen LogP) is 1.22. The van der Waals surface area contributed by atoms with Crippen molar-refractivity contribution in [3.8, 4) is 0 Å². The fourth-order valence-electron chi connectivity index (χ4n) is 2.23. The summed E-state index contributed by atoms with van der Waals surface area (Å²) < 4.78 is 0. The summed E-state index contributed by atoms with van der Waals surface area (Å²) in [6, 6.07) is 9.75. The Hall–Kier alpha value is -0.900. The molecule has 0 saturated heterocycles. The van der Waals surface area contributed by atoms with Crippen LogP contribution in [0.25, 0.3) is 0 Å². The molecule has 1 aliphatic carbocycles. The summed E-state index contributed by atoms with van der Waals surface area (Å²) in [7, 11) is 0. The van der Waals surface area contributed by atoms with Crippen molar-refractivity contribution in [3.05, 3.63) is 35.9 Å². The van der Waals surface area contributed by atoms with E-state index in [1.165, 1.54) is 0 Å². The van der Waals surface area contributed by atoms with Gasteiger partial charge in [-0.05, 0) is 24.8 Å². The Morgan fingerprint density at radius 3 is 2.62 bits per heavy atom. The molecule has 1 aromatic rings. The van der Waals surface area contributed by atoms with Gasteiger partial charge in [0.2, 0.25) is 0 Å². The highest BCUT2D eigenvalue weighted by molar-refractivity contribution is 5.17. The molecule has 3 nitrogen and oxygen atoms in total. The normalized spacial score (nSPS) is 26.9. The molecule has 1 unspecified atom stereocenters. The van der Waals surface area contributed by atoms with Gasteiger partial charge in [-0.25, -0.2) is 0 Å². The third kappa shape index (κ3) is 2.82. The first-order valence-electron chi connectivity index (χ1n) is 5.92. The molecule has 0 aliphatic heterocycles. The molecule has 0 heterocycles. The lowest BCUT2D eigenvalue weighted by atomic mass is 10.1. The van der Waals surface area contributed by atoms with E-state index in [1.807, 2.05) is 30.3 Å². The Bertz CT molecular complexity index is 315. The Balaban J connectivity index is 1.82. The molecule has 0 spiro atoms. The lowest BCUT2D eigenvalue weighted by Crippen LogP contribution is -2.38. The second kappa shape index (κ2) is 5.43. The Morgan fingerprint density at radius 2 is 2.00 bits per heavy atom. The van der Waals surface area contributed by atoms with Crippen molar-refractivity contribution in [2.75, 3.05) is 6.54 Å². The van der Waals surface area contributed by atoms with Crippen LogP contribution >= 0.6 is 0 Å². The van der Waals surface area contributed by atoms with Crippen molar-refractivity contribution in [1.29, 1.82) is 0 Å². The molecular weight excluding hydrogens is 202 g/mol. The van der Waals surface area contributed by atoms with Crippen LogP contribution in [0.4, 0.5) is 0 Å². The summed E-state index contributed by atoms with van der Waals surface area (Å²) in [4.78, 5) is 0. The van der Waals surface area contributed by atoms with E-state index in [1.54, 1.807) is 0 Å². The van der Waals surface area contributed by atoms with Crippen molar-refractivity contribution in [3.63, 3.8) is 0 Å². The molecule has 0 aromatic heterocycles. The highest BCUT2D eigenvalue weighted by Gasteiger charge is 2.25. The van der Waals surface area contributed by atoms with Crippen LogP contribution in [-0.2, 0) is 0 Å². The van der Waals surface area contributed by atoms with Crippen LogP contribution in [0.1, 0.15) is 30.9 Å². The van der Waals surface area contributed by atoms with E-state index in [-0.39, 0.29) is 12.1 Å². The van der Waals surface area contributed by atoms with E-state index in [9.17, 15) is 10.2 Å². The van der Waals surface area contributed by atoms with Crippen LogP contribution in [0.15, 0.2) is 30.3 Å². The maximum Gasteiger partial charge on any atom is 0.0914 e. The van der Waals surface area contributed by atoms with Crippen molar-refractivity contribution >= 4 is 0 Å². The molecule has 1 saturated carbocycles. The van der Waals surface area contributed by atoms with Crippen molar-refractivity contribution in [2.45, 2.75) is 37.5 Å². The van der Waals surface area contributed by atoms with Gasteiger partial charge in [-0.15, -0.1) is 0 Å². The summed E-state index contributed by atoms with van der Waals surface area (Å²) in [5.74, 6) is 0. The molecular formula is C13H19NO2. The van der Waals surface area contributed by atoms with Gasteiger partial charge in [0.15, 0.2) is 0 Å². The summed E-state index contributed by atoms with van der Waals surface area (Å²) in [5, 5.41) is 22.8. The fourth-order valence-corrected chi connectivity index (χ4v) is 2.23. The average molecular weight is 221 g/mol. The van der Waals surface area contributed by atoms with E-state index in [4.69, 9.17) is 0 Å². The lowest BCUT2D eigenvalue weighted by Gasteiger charge is -2.19. The summed E-state index contributed by atoms with van der Waals surface area (Å²) in [6.07, 6.45) is 2.21. The van der Waals surface area contributed by atoms with Gasteiger partial charge in [-0.2, -0.15) is 0 Å². The quantitative estimate of drug-likeness (QED) is 0.716. The van der Waals surface area contributed by atoms with E-state index >= 15 is 0 Å². The van der Waals surface area contributed by atoms with Gasteiger partial charge in [0.05, 0.1) is 12.2 Å². The molecule has 0 bridgehead atoms. The summed E-state index contributed by atoms with van der Waals surface area (Å²) in [5.41, 5.74) is 0.919. The maximum absolute atomic E-state index is 9.92. The third-order valence-electron chi connectivity index (χ3n) is 3.24. The van der Waals surface area contributed by atoms with Crippen LogP contribution in [-0.4, -0.2) is 28.9 Å². The van der Waals surface area contributed by atoms with Gasteiger partial charge in [0, 0.05) is 12.6 Å². The van der Waals surface area contributed by atoms with Gasteiger partial charge >= 0.3 is 0 Å². The molecule has 16 heavy (non-hydrogen) atoms. The van der Waals surface area contributed by atoms with E-state index in [0.717, 1.165) is 24.8 Å². The number of aliphatic hydroxyl groups is 2. The molecule has 1 aromatic carbocycles.